The van der Waals surface area contributed by atoms with Gasteiger partial charge in [-0.1, -0.05) is 54.6 Å². The normalized spacial score (nSPS) is 12.0. The quantitative estimate of drug-likeness (QED) is 0.629. The lowest BCUT2D eigenvalue weighted by Gasteiger charge is -2.19. The van der Waals surface area contributed by atoms with Gasteiger partial charge in [-0.25, -0.2) is 0 Å². The molecule has 0 fully saturated rings. The highest BCUT2D eigenvalue weighted by Crippen LogP contribution is 2.28. The van der Waals surface area contributed by atoms with E-state index >= 15 is 0 Å². The molecule has 0 radical (unpaired) electrons. The fraction of sp³-hybridized carbons (Fsp3) is 0.250. The topological polar surface area (TPSA) is 32.3 Å². The molecule has 0 aromatic heterocycles. The number of benzene rings is 3. The number of nitrogens with one attached hydrogen (secondary N) is 1. The van der Waals surface area contributed by atoms with Crippen molar-refractivity contribution in [2.24, 2.45) is 0 Å². The number of hydrogen-bond acceptors (Lipinski definition) is 2. The summed E-state index contributed by atoms with van der Waals surface area (Å²) in [6, 6.07) is 20.6. The Morgan fingerprint density at radius 1 is 0.808 bits per heavy atom. The molecule has 2 heteroatoms. The highest BCUT2D eigenvalue weighted by Gasteiger charge is 2.16. The van der Waals surface area contributed by atoms with Crippen molar-refractivity contribution in [2.45, 2.75) is 40.3 Å². The molecular formula is C24H27NO. The van der Waals surface area contributed by atoms with Crippen LogP contribution >= 0.6 is 0 Å². The van der Waals surface area contributed by atoms with Crippen molar-refractivity contribution < 1.29 is 5.11 Å². The number of rotatable bonds is 5. The van der Waals surface area contributed by atoms with Crippen LogP contribution in [0.25, 0.3) is 0 Å². The fourth-order valence-electron chi connectivity index (χ4n) is 3.33. The first-order valence-electron chi connectivity index (χ1n) is 9.10. The Kier molecular flexibility index (Phi) is 5.43. The van der Waals surface area contributed by atoms with E-state index in [1.54, 1.807) is 0 Å². The molecule has 26 heavy (non-hydrogen) atoms. The van der Waals surface area contributed by atoms with Crippen molar-refractivity contribution in [3.63, 3.8) is 0 Å². The smallest absolute Gasteiger partial charge is 0.104 e. The molecule has 0 bridgehead atoms. The molecular weight excluding hydrogens is 318 g/mol. The van der Waals surface area contributed by atoms with Crippen LogP contribution in [0.1, 0.15) is 45.0 Å². The molecule has 3 aromatic carbocycles. The number of anilines is 1. The van der Waals surface area contributed by atoms with Crippen LogP contribution in [0.2, 0.25) is 0 Å². The van der Waals surface area contributed by atoms with Gasteiger partial charge in [0.2, 0.25) is 0 Å². The molecule has 0 spiro atoms. The van der Waals surface area contributed by atoms with E-state index in [0.29, 0.717) is 6.54 Å². The summed E-state index contributed by atoms with van der Waals surface area (Å²) in [5.74, 6) is 0. The monoisotopic (exact) mass is 345 g/mol. The molecule has 0 saturated heterocycles. The SMILES string of the molecule is Cc1ccccc1NCc1ccccc1C(O)c1cc(C)c(C)c(C)c1. The Morgan fingerprint density at radius 3 is 2.12 bits per heavy atom. The van der Waals surface area contributed by atoms with Gasteiger partial charge in [-0.15, -0.1) is 0 Å². The van der Waals surface area contributed by atoms with Crippen molar-refractivity contribution in [2.75, 3.05) is 5.32 Å². The molecule has 2 nitrogen and oxygen atoms in total. The molecule has 0 saturated carbocycles. The summed E-state index contributed by atoms with van der Waals surface area (Å²) in [6.07, 6.45) is -0.622. The molecule has 1 atom stereocenters. The molecule has 3 rings (SSSR count). The summed E-state index contributed by atoms with van der Waals surface area (Å²) in [5.41, 5.74) is 9.08. The summed E-state index contributed by atoms with van der Waals surface area (Å²) in [7, 11) is 0. The Morgan fingerprint density at radius 2 is 1.42 bits per heavy atom. The largest absolute Gasteiger partial charge is 0.384 e. The number of para-hydroxylation sites is 1. The third-order valence-corrected chi connectivity index (χ3v) is 5.23. The van der Waals surface area contributed by atoms with Crippen molar-refractivity contribution in [1.29, 1.82) is 0 Å². The minimum absolute atomic E-state index is 0.622. The maximum absolute atomic E-state index is 11.0. The van der Waals surface area contributed by atoms with E-state index in [2.05, 4.69) is 63.3 Å². The minimum Gasteiger partial charge on any atom is -0.384 e. The number of aliphatic hydroxyl groups is 1. The lowest BCUT2D eigenvalue weighted by molar-refractivity contribution is 0.219. The molecule has 0 heterocycles. The third-order valence-electron chi connectivity index (χ3n) is 5.23. The number of aliphatic hydroxyl groups excluding tert-OH is 1. The fourth-order valence-corrected chi connectivity index (χ4v) is 3.33. The van der Waals surface area contributed by atoms with Gasteiger partial charge in [0.05, 0.1) is 0 Å². The summed E-state index contributed by atoms with van der Waals surface area (Å²) in [5, 5.41) is 14.5. The molecule has 0 aliphatic heterocycles. The molecule has 134 valence electrons. The van der Waals surface area contributed by atoms with Crippen LogP contribution in [-0.4, -0.2) is 5.11 Å². The van der Waals surface area contributed by atoms with Gasteiger partial charge in [-0.05, 0) is 72.7 Å². The van der Waals surface area contributed by atoms with Crippen LogP contribution in [0, 0.1) is 27.7 Å². The molecule has 0 aliphatic rings. The van der Waals surface area contributed by atoms with Gasteiger partial charge in [0.1, 0.15) is 6.10 Å². The van der Waals surface area contributed by atoms with Gasteiger partial charge in [0.15, 0.2) is 0 Å². The maximum Gasteiger partial charge on any atom is 0.104 e. The zero-order chi connectivity index (χ0) is 18.7. The van der Waals surface area contributed by atoms with Crippen molar-refractivity contribution in [3.05, 3.63) is 99.6 Å². The average molecular weight is 345 g/mol. The highest BCUT2D eigenvalue weighted by molar-refractivity contribution is 5.51. The molecule has 0 aliphatic carbocycles. The zero-order valence-corrected chi connectivity index (χ0v) is 16.0. The van der Waals surface area contributed by atoms with Crippen molar-refractivity contribution in [1.82, 2.24) is 0 Å². The van der Waals surface area contributed by atoms with Gasteiger partial charge in [-0.3, -0.25) is 0 Å². The van der Waals surface area contributed by atoms with Crippen LogP contribution in [-0.2, 0) is 6.54 Å². The van der Waals surface area contributed by atoms with E-state index in [4.69, 9.17) is 0 Å². The Balaban J connectivity index is 1.88. The summed E-state index contributed by atoms with van der Waals surface area (Å²) >= 11 is 0. The zero-order valence-electron chi connectivity index (χ0n) is 16.0. The van der Waals surface area contributed by atoms with Crippen LogP contribution in [0.5, 0.6) is 0 Å². The Hall–Kier alpha value is -2.58. The Labute approximate surface area is 156 Å². The van der Waals surface area contributed by atoms with Crippen LogP contribution in [0.15, 0.2) is 60.7 Å². The van der Waals surface area contributed by atoms with Gasteiger partial charge >= 0.3 is 0 Å². The van der Waals surface area contributed by atoms with E-state index in [0.717, 1.165) is 22.4 Å². The minimum atomic E-state index is -0.622. The van der Waals surface area contributed by atoms with Gasteiger partial charge < -0.3 is 10.4 Å². The van der Waals surface area contributed by atoms with Crippen molar-refractivity contribution >= 4 is 5.69 Å². The standard InChI is InChI=1S/C24H27NO/c1-16-9-5-8-12-23(16)25-15-20-10-6-7-11-22(20)24(26)21-13-17(2)19(4)18(3)14-21/h5-14,24-26H,15H2,1-4H3. The summed E-state index contributed by atoms with van der Waals surface area (Å²) in [6.45, 7) is 9.11. The van der Waals surface area contributed by atoms with Gasteiger partial charge in [-0.2, -0.15) is 0 Å². The second kappa shape index (κ2) is 7.76. The molecule has 1 unspecified atom stereocenters. The first kappa shape index (κ1) is 18.2. The van der Waals surface area contributed by atoms with Crippen LogP contribution in [0.3, 0.4) is 0 Å². The predicted octanol–water partition coefficient (Wildman–Crippen LogP) is 5.61. The third kappa shape index (κ3) is 3.81. The second-order valence-electron chi connectivity index (χ2n) is 7.05. The number of hydrogen-bond donors (Lipinski definition) is 2. The molecule has 0 amide bonds. The van der Waals surface area contributed by atoms with E-state index < -0.39 is 6.10 Å². The highest BCUT2D eigenvalue weighted by atomic mass is 16.3. The predicted molar refractivity (Wildman–Crippen MR) is 110 cm³/mol. The van der Waals surface area contributed by atoms with Crippen LogP contribution in [0.4, 0.5) is 5.69 Å². The molecule has 3 aromatic rings. The first-order valence-corrected chi connectivity index (χ1v) is 9.10. The van der Waals surface area contributed by atoms with Crippen LogP contribution < -0.4 is 5.32 Å². The lowest BCUT2D eigenvalue weighted by atomic mass is 9.92. The summed E-state index contributed by atoms with van der Waals surface area (Å²) in [4.78, 5) is 0. The molecule has 2 N–H and O–H groups in total. The average Bonchev–Trinajstić information content (AvgIpc) is 2.64. The Bertz CT molecular complexity index is 891. The van der Waals surface area contributed by atoms with E-state index in [9.17, 15) is 5.11 Å². The van der Waals surface area contributed by atoms with Gasteiger partial charge in [0.25, 0.3) is 0 Å². The second-order valence-corrected chi connectivity index (χ2v) is 7.05. The van der Waals surface area contributed by atoms with E-state index in [1.165, 1.54) is 22.3 Å². The summed E-state index contributed by atoms with van der Waals surface area (Å²) < 4.78 is 0. The number of aryl methyl sites for hydroxylation is 3. The van der Waals surface area contributed by atoms with E-state index in [1.807, 2.05) is 30.3 Å². The first-order chi connectivity index (χ1) is 12.5. The van der Waals surface area contributed by atoms with Crippen molar-refractivity contribution in [3.8, 4) is 0 Å². The van der Waals surface area contributed by atoms with E-state index in [-0.39, 0.29) is 0 Å². The van der Waals surface area contributed by atoms with Gasteiger partial charge in [0, 0.05) is 12.2 Å². The maximum atomic E-state index is 11.0. The lowest BCUT2D eigenvalue weighted by Crippen LogP contribution is -2.09.